The minimum Gasteiger partial charge on any atom is -0.478 e. The molecule has 8 nitrogen and oxygen atoms in total. The SMILES string of the molecule is O=C(O)c1cn(CC2(O)CCN(C(=O)C(CO)CC(F)(F)F)CC23CCCC3)c(=O)cc1-c1ccccc1. The number of likely N-dealkylation sites (tertiary alicyclic amines) is 1. The van der Waals surface area contributed by atoms with Crippen LogP contribution in [0.15, 0.2) is 47.4 Å². The first-order valence-corrected chi connectivity index (χ1v) is 12.6. The van der Waals surface area contributed by atoms with Crippen molar-refractivity contribution in [2.45, 2.75) is 56.8 Å². The monoisotopic (exact) mass is 536 g/mol. The minimum absolute atomic E-state index is 0.000667. The van der Waals surface area contributed by atoms with Crippen LogP contribution in [0.3, 0.4) is 0 Å². The highest BCUT2D eigenvalue weighted by Gasteiger charge is 2.56. The molecule has 2 fully saturated rings. The van der Waals surface area contributed by atoms with Crippen molar-refractivity contribution < 1.29 is 38.1 Å². The van der Waals surface area contributed by atoms with Crippen molar-refractivity contribution in [1.29, 1.82) is 0 Å². The first-order chi connectivity index (χ1) is 17.9. The number of pyridine rings is 1. The molecule has 2 heterocycles. The summed E-state index contributed by atoms with van der Waals surface area (Å²) in [6.45, 7) is -1.20. The molecule has 2 aliphatic rings. The number of carboxylic acids is 1. The summed E-state index contributed by atoms with van der Waals surface area (Å²) < 4.78 is 40.0. The average Bonchev–Trinajstić information content (AvgIpc) is 3.35. The molecule has 0 radical (unpaired) electrons. The zero-order chi connectivity index (χ0) is 27.7. The number of alkyl halides is 3. The molecule has 1 aliphatic carbocycles. The van der Waals surface area contributed by atoms with Crippen molar-refractivity contribution >= 4 is 11.9 Å². The number of benzene rings is 1. The Kier molecular flexibility index (Phi) is 7.72. The largest absolute Gasteiger partial charge is 0.478 e. The molecular weight excluding hydrogens is 505 g/mol. The summed E-state index contributed by atoms with van der Waals surface area (Å²) in [4.78, 5) is 39.4. The number of aliphatic hydroxyl groups is 2. The van der Waals surface area contributed by atoms with Crippen molar-refractivity contribution in [3.05, 3.63) is 58.5 Å². The minimum atomic E-state index is -4.61. The number of halogens is 3. The van der Waals surface area contributed by atoms with Gasteiger partial charge in [-0.2, -0.15) is 13.2 Å². The summed E-state index contributed by atoms with van der Waals surface area (Å²) in [6.07, 6.45) is -2.36. The number of hydrogen-bond donors (Lipinski definition) is 3. The Labute approximate surface area is 217 Å². The number of carbonyl (C=O) groups is 2. The Bertz CT molecular complexity index is 1240. The molecule has 2 atom stereocenters. The van der Waals surface area contributed by atoms with E-state index in [2.05, 4.69) is 0 Å². The van der Waals surface area contributed by atoms with Gasteiger partial charge in [0.05, 0.1) is 36.7 Å². The number of hydrogen-bond acceptors (Lipinski definition) is 5. The van der Waals surface area contributed by atoms with Crippen LogP contribution in [0.25, 0.3) is 11.1 Å². The van der Waals surface area contributed by atoms with Crippen LogP contribution in [-0.2, 0) is 11.3 Å². The normalized spacial score (nSPS) is 22.0. The van der Waals surface area contributed by atoms with Crippen LogP contribution in [0.4, 0.5) is 13.2 Å². The van der Waals surface area contributed by atoms with Crippen molar-refractivity contribution in [3.63, 3.8) is 0 Å². The van der Waals surface area contributed by atoms with E-state index in [-0.39, 0.29) is 37.2 Å². The van der Waals surface area contributed by atoms with E-state index in [1.165, 1.54) is 21.7 Å². The van der Waals surface area contributed by atoms with Crippen molar-refractivity contribution in [3.8, 4) is 11.1 Å². The maximum absolute atomic E-state index is 13.1. The Hall–Kier alpha value is -3.18. The Balaban J connectivity index is 1.64. The number of amides is 1. The van der Waals surface area contributed by atoms with Gasteiger partial charge in [-0.05, 0) is 24.8 Å². The standard InChI is InChI=1S/C27H31F3N2O6/c28-27(29,30)13-19(15-33)23(35)31-11-10-26(38,25(16-31)8-4-5-9-25)17-32-14-21(24(36)37)20(12-22(32)34)18-6-2-1-3-7-18/h1-3,6-7,12,14,19,33,38H,4-5,8-11,13,15-17H2,(H,36,37). The Morgan fingerprint density at radius 3 is 2.32 bits per heavy atom. The number of aromatic carboxylic acids is 1. The third kappa shape index (κ3) is 5.49. The molecule has 1 spiro atoms. The maximum atomic E-state index is 13.1. The molecule has 0 bridgehead atoms. The predicted octanol–water partition coefficient (Wildman–Crippen LogP) is 3.30. The van der Waals surface area contributed by atoms with Crippen LogP contribution >= 0.6 is 0 Å². The fraction of sp³-hybridized carbons (Fsp3) is 0.519. The summed E-state index contributed by atoms with van der Waals surface area (Å²) >= 11 is 0. The number of rotatable bonds is 7. The number of aromatic nitrogens is 1. The molecule has 206 valence electrons. The molecule has 1 aromatic carbocycles. The van der Waals surface area contributed by atoms with Crippen LogP contribution in [0.2, 0.25) is 0 Å². The summed E-state index contributed by atoms with van der Waals surface area (Å²) in [7, 11) is 0. The second kappa shape index (κ2) is 10.5. The van der Waals surface area contributed by atoms with E-state index in [1.807, 2.05) is 0 Å². The van der Waals surface area contributed by atoms with Gasteiger partial charge in [-0.1, -0.05) is 43.2 Å². The number of carboxylic acid groups (broad SMARTS) is 1. The second-order valence-electron chi connectivity index (χ2n) is 10.5. The van der Waals surface area contributed by atoms with Crippen LogP contribution in [-0.4, -0.2) is 68.1 Å². The van der Waals surface area contributed by atoms with Crippen molar-refractivity contribution in [2.24, 2.45) is 11.3 Å². The van der Waals surface area contributed by atoms with Gasteiger partial charge in [0.15, 0.2) is 0 Å². The first kappa shape index (κ1) is 27.8. The molecule has 1 amide bonds. The lowest BCUT2D eigenvalue weighted by atomic mass is 9.65. The number of piperidine rings is 1. The third-order valence-electron chi connectivity index (χ3n) is 8.07. The molecule has 38 heavy (non-hydrogen) atoms. The molecule has 1 saturated heterocycles. The average molecular weight is 537 g/mol. The number of carbonyl (C=O) groups excluding carboxylic acids is 1. The molecule has 1 aliphatic heterocycles. The smallest absolute Gasteiger partial charge is 0.389 e. The van der Waals surface area contributed by atoms with E-state index >= 15 is 0 Å². The molecule has 3 N–H and O–H groups in total. The van der Waals surface area contributed by atoms with Gasteiger partial charge in [0.25, 0.3) is 5.56 Å². The topological polar surface area (TPSA) is 120 Å². The van der Waals surface area contributed by atoms with E-state index in [9.17, 15) is 42.9 Å². The van der Waals surface area contributed by atoms with Gasteiger partial charge in [0.1, 0.15) is 0 Å². The van der Waals surface area contributed by atoms with E-state index < -0.39 is 53.6 Å². The lowest BCUT2D eigenvalue weighted by molar-refractivity contribution is -0.175. The van der Waals surface area contributed by atoms with Crippen molar-refractivity contribution in [2.75, 3.05) is 19.7 Å². The van der Waals surface area contributed by atoms with Crippen LogP contribution in [0.5, 0.6) is 0 Å². The Morgan fingerprint density at radius 2 is 1.74 bits per heavy atom. The molecule has 1 saturated carbocycles. The second-order valence-corrected chi connectivity index (χ2v) is 10.5. The third-order valence-corrected chi connectivity index (χ3v) is 8.07. The molecule has 11 heteroatoms. The molecular formula is C27H31F3N2O6. The van der Waals surface area contributed by atoms with Gasteiger partial charge < -0.3 is 24.8 Å². The summed E-state index contributed by atoms with van der Waals surface area (Å²) in [5.74, 6) is -3.66. The fourth-order valence-electron chi connectivity index (χ4n) is 6.06. The van der Waals surface area contributed by atoms with E-state index in [0.29, 0.717) is 18.4 Å². The zero-order valence-corrected chi connectivity index (χ0v) is 20.8. The van der Waals surface area contributed by atoms with Gasteiger partial charge >= 0.3 is 12.1 Å². The highest BCUT2D eigenvalue weighted by Crippen LogP contribution is 2.52. The van der Waals surface area contributed by atoms with E-state index in [4.69, 9.17) is 0 Å². The number of aliphatic hydroxyl groups excluding tert-OH is 1. The highest BCUT2D eigenvalue weighted by molar-refractivity contribution is 5.95. The van der Waals surface area contributed by atoms with Crippen LogP contribution < -0.4 is 5.56 Å². The van der Waals surface area contributed by atoms with Gasteiger partial charge in [0.2, 0.25) is 5.91 Å². The maximum Gasteiger partial charge on any atom is 0.389 e. The first-order valence-electron chi connectivity index (χ1n) is 12.6. The van der Waals surface area contributed by atoms with Gasteiger partial charge in [0, 0.05) is 36.3 Å². The van der Waals surface area contributed by atoms with E-state index in [1.54, 1.807) is 30.3 Å². The highest BCUT2D eigenvalue weighted by atomic mass is 19.4. The van der Waals surface area contributed by atoms with Crippen LogP contribution in [0, 0.1) is 11.3 Å². The van der Waals surface area contributed by atoms with Crippen molar-refractivity contribution in [1.82, 2.24) is 9.47 Å². The lowest BCUT2D eigenvalue weighted by Gasteiger charge is -2.52. The lowest BCUT2D eigenvalue weighted by Crippen LogP contribution is -2.62. The molecule has 2 unspecified atom stereocenters. The summed E-state index contributed by atoms with van der Waals surface area (Å²) in [5.41, 5.74) is -2.16. The number of nitrogens with zero attached hydrogens (tertiary/aromatic N) is 2. The molecule has 2 aromatic rings. The van der Waals surface area contributed by atoms with E-state index in [0.717, 1.165) is 12.8 Å². The summed E-state index contributed by atoms with van der Waals surface area (Å²) in [6, 6.07) is 9.83. The fourth-order valence-corrected chi connectivity index (χ4v) is 6.06. The predicted molar refractivity (Wildman–Crippen MR) is 131 cm³/mol. The quantitative estimate of drug-likeness (QED) is 0.500. The molecule has 4 rings (SSSR count). The zero-order valence-electron chi connectivity index (χ0n) is 20.8. The van der Waals surface area contributed by atoms with Crippen LogP contribution in [0.1, 0.15) is 48.9 Å². The summed E-state index contributed by atoms with van der Waals surface area (Å²) in [5, 5.41) is 31.2. The van der Waals surface area contributed by atoms with Gasteiger partial charge in [-0.15, -0.1) is 0 Å². The molecule has 1 aromatic heterocycles. The Morgan fingerprint density at radius 1 is 1.08 bits per heavy atom. The van der Waals surface area contributed by atoms with Gasteiger partial charge in [-0.25, -0.2) is 4.79 Å². The van der Waals surface area contributed by atoms with Gasteiger partial charge in [-0.3, -0.25) is 9.59 Å².